The number of hydrogen-bond donors (Lipinski definition) is 2. The van der Waals surface area contributed by atoms with Gasteiger partial charge in [-0.25, -0.2) is 9.18 Å². The molecule has 4 nitrogen and oxygen atoms in total. The molecule has 6 heteroatoms. The zero-order chi connectivity index (χ0) is 15.6. The summed E-state index contributed by atoms with van der Waals surface area (Å²) < 4.78 is 18.7. The van der Waals surface area contributed by atoms with Gasteiger partial charge in [-0.3, -0.25) is 0 Å². The van der Waals surface area contributed by atoms with Gasteiger partial charge in [0.2, 0.25) is 0 Å². The zero-order valence-corrected chi connectivity index (χ0v) is 12.9. The Hall–Kier alpha value is -1.95. The standard InChI is InChI=1S/C15H17FN2O2S/c1-8(2)20-14(19)12-9(3)17-15(21)18-13(12)10-5-4-6-11(16)7-10/h4-8,13H,1-3H3,(H2,17,18,21)/t13-/m0/s1. The molecular formula is C15H17FN2O2S. The highest BCUT2D eigenvalue weighted by Gasteiger charge is 2.31. The molecule has 2 N–H and O–H groups in total. The van der Waals surface area contributed by atoms with Crippen LogP contribution in [0, 0.1) is 5.82 Å². The number of hydrogen-bond acceptors (Lipinski definition) is 3. The van der Waals surface area contributed by atoms with Gasteiger partial charge in [-0.1, -0.05) is 12.1 Å². The predicted molar refractivity (Wildman–Crippen MR) is 81.9 cm³/mol. The summed E-state index contributed by atoms with van der Waals surface area (Å²) in [4.78, 5) is 12.3. The summed E-state index contributed by atoms with van der Waals surface area (Å²) in [5.41, 5.74) is 1.63. The third-order valence-electron chi connectivity index (χ3n) is 3.01. The van der Waals surface area contributed by atoms with E-state index in [2.05, 4.69) is 10.6 Å². The van der Waals surface area contributed by atoms with Crippen LogP contribution < -0.4 is 10.6 Å². The summed E-state index contributed by atoms with van der Waals surface area (Å²) in [7, 11) is 0. The molecule has 0 radical (unpaired) electrons. The van der Waals surface area contributed by atoms with Crippen molar-refractivity contribution >= 4 is 23.3 Å². The number of rotatable bonds is 3. The van der Waals surface area contributed by atoms with Crippen LogP contribution in [0.5, 0.6) is 0 Å². The first kappa shape index (κ1) is 15.4. The second-order valence-electron chi connectivity index (χ2n) is 5.08. The van der Waals surface area contributed by atoms with Crippen LogP contribution in [0.2, 0.25) is 0 Å². The van der Waals surface area contributed by atoms with E-state index < -0.39 is 12.0 Å². The minimum absolute atomic E-state index is 0.236. The van der Waals surface area contributed by atoms with Crippen LogP contribution in [0.15, 0.2) is 35.5 Å². The van der Waals surface area contributed by atoms with Gasteiger partial charge < -0.3 is 15.4 Å². The lowest BCUT2D eigenvalue weighted by molar-refractivity contribution is -0.143. The summed E-state index contributed by atoms with van der Waals surface area (Å²) in [5.74, 6) is -0.813. The van der Waals surface area contributed by atoms with Crippen LogP contribution in [0.1, 0.15) is 32.4 Å². The van der Waals surface area contributed by atoms with Gasteiger partial charge in [-0.05, 0) is 50.7 Å². The molecule has 112 valence electrons. The van der Waals surface area contributed by atoms with Crippen molar-refractivity contribution in [3.05, 3.63) is 46.9 Å². The fourth-order valence-electron chi connectivity index (χ4n) is 2.18. The van der Waals surface area contributed by atoms with E-state index in [0.717, 1.165) is 0 Å². The van der Waals surface area contributed by atoms with E-state index in [-0.39, 0.29) is 11.9 Å². The smallest absolute Gasteiger partial charge is 0.338 e. The van der Waals surface area contributed by atoms with Crippen molar-refractivity contribution < 1.29 is 13.9 Å². The number of carbonyl (C=O) groups is 1. The number of ether oxygens (including phenoxy) is 1. The zero-order valence-electron chi connectivity index (χ0n) is 12.1. The minimum Gasteiger partial charge on any atom is -0.459 e. The molecule has 0 unspecified atom stereocenters. The maximum absolute atomic E-state index is 13.4. The molecule has 21 heavy (non-hydrogen) atoms. The number of halogens is 1. The summed E-state index contributed by atoms with van der Waals surface area (Å²) in [6.07, 6.45) is -0.236. The van der Waals surface area contributed by atoms with E-state index in [0.29, 0.717) is 21.9 Å². The average Bonchev–Trinajstić information content (AvgIpc) is 2.36. The molecule has 0 spiro atoms. The number of benzene rings is 1. The van der Waals surface area contributed by atoms with E-state index in [1.54, 1.807) is 32.9 Å². The van der Waals surface area contributed by atoms with Crippen LogP contribution in [-0.2, 0) is 9.53 Å². The Morgan fingerprint density at radius 3 is 2.76 bits per heavy atom. The van der Waals surface area contributed by atoms with Crippen LogP contribution in [-0.4, -0.2) is 17.2 Å². The molecule has 1 aromatic carbocycles. The Morgan fingerprint density at radius 2 is 2.14 bits per heavy atom. The van der Waals surface area contributed by atoms with Gasteiger partial charge in [0.1, 0.15) is 5.82 Å². The lowest BCUT2D eigenvalue weighted by Gasteiger charge is -2.30. The topological polar surface area (TPSA) is 50.4 Å². The molecule has 0 amide bonds. The molecule has 1 aromatic rings. The SMILES string of the molecule is CC1=C(C(=O)OC(C)C)[C@H](c2cccc(F)c2)NC(=S)N1. The molecule has 2 rings (SSSR count). The van der Waals surface area contributed by atoms with Gasteiger partial charge in [0.05, 0.1) is 17.7 Å². The second kappa shape index (κ2) is 6.22. The normalized spacial score (nSPS) is 18.3. The lowest BCUT2D eigenvalue weighted by atomic mass is 9.95. The highest BCUT2D eigenvalue weighted by molar-refractivity contribution is 7.80. The van der Waals surface area contributed by atoms with Crippen molar-refractivity contribution in [1.29, 1.82) is 0 Å². The van der Waals surface area contributed by atoms with Crippen LogP contribution >= 0.6 is 12.2 Å². The average molecular weight is 308 g/mol. The fraction of sp³-hybridized carbons (Fsp3) is 0.333. The van der Waals surface area contributed by atoms with E-state index in [4.69, 9.17) is 17.0 Å². The number of nitrogens with one attached hydrogen (secondary N) is 2. The first-order valence-electron chi connectivity index (χ1n) is 6.63. The molecule has 0 aromatic heterocycles. The summed E-state index contributed by atoms with van der Waals surface area (Å²) in [6.45, 7) is 5.30. The Morgan fingerprint density at radius 1 is 1.43 bits per heavy atom. The molecule has 1 aliphatic rings. The molecule has 1 atom stereocenters. The number of thiocarbonyl (C=S) groups is 1. The third kappa shape index (κ3) is 3.58. The third-order valence-corrected chi connectivity index (χ3v) is 3.23. The minimum atomic E-state index is -0.527. The van der Waals surface area contributed by atoms with Crippen LogP contribution in [0.25, 0.3) is 0 Å². The van der Waals surface area contributed by atoms with E-state index in [1.807, 2.05) is 0 Å². The summed E-state index contributed by atoms with van der Waals surface area (Å²) in [6, 6.07) is 5.54. The van der Waals surface area contributed by atoms with Gasteiger partial charge in [0.25, 0.3) is 0 Å². The first-order valence-corrected chi connectivity index (χ1v) is 7.04. The largest absolute Gasteiger partial charge is 0.459 e. The Bertz CT molecular complexity index is 613. The Kier molecular flexibility index (Phi) is 4.57. The maximum atomic E-state index is 13.4. The quantitative estimate of drug-likeness (QED) is 0.664. The highest BCUT2D eigenvalue weighted by Crippen LogP contribution is 2.28. The molecular weight excluding hydrogens is 291 g/mol. The van der Waals surface area contributed by atoms with Crippen molar-refractivity contribution in [2.75, 3.05) is 0 Å². The van der Waals surface area contributed by atoms with Gasteiger partial charge in [-0.2, -0.15) is 0 Å². The van der Waals surface area contributed by atoms with Gasteiger partial charge >= 0.3 is 5.97 Å². The van der Waals surface area contributed by atoms with Crippen molar-refractivity contribution in [3.8, 4) is 0 Å². The van der Waals surface area contributed by atoms with Crippen molar-refractivity contribution in [1.82, 2.24) is 10.6 Å². The maximum Gasteiger partial charge on any atom is 0.338 e. The number of allylic oxidation sites excluding steroid dienone is 1. The van der Waals surface area contributed by atoms with Gasteiger partial charge in [0, 0.05) is 5.70 Å². The number of esters is 1. The Balaban J connectivity index is 2.43. The molecule has 0 saturated heterocycles. The molecule has 0 aliphatic carbocycles. The molecule has 0 bridgehead atoms. The Labute approximate surface area is 128 Å². The van der Waals surface area contributed by atoms with Gasteiger partial charge in [-0.15, -0.1) is 0 Å². The van der Waals surface area contributed by atoms with Crippen molar-refractivity contribution in [2.45, 2.75) is 32.9 Å². The molecule has 0 saturated carbocycles. The van der Waals surface area contributed by atoms with E-state index in [1.165, 1.54) is 12.1 Å². The summed E-state index contributed by atoms with van der Waals surface area (Å²) >= 11 is 5.12. The monoisotopic (exact) mass is 308 g/mol. The molecule has 1 heterocycles. The van der Waals surface area contributed by atoms with Crippen molar-refractivity contribution in [3.63, 3.8) is 0 Å². The van der Waals surface area contributed by atoms with Crippen LogP contribution in [0.4, 0.5) is 4.39 Å². The summed E-state index contributed by atoms with van der Waals surface area (Å²) in [5, 5.41) is 6.28. The predicted octanol–water partition coefficient (Wildman–Crippen LogP) is 2.57. The lowest BCUT2D eigenvalue weighted by Crippen LogP contribution is -2.45. The molecule has 0 fully saturated rings. The van der Waals surface area contributed by atoms with E-state index in [9.17, 15) is 9.18 Å². The van der Waals surface area contributed by atoms with Gasteiger partial charge in [0.15, 0.2) is 5.11 Å². The van der Waals surface area contributed by atoms with Crippen LogP contribution in [0.3, 0.4) is 0 Å². The first-order chi connectivity index (χ1) is 9.88. The second-order valence-corrected chi connectivity index (χ2v) is 5.49. The highest BCUT2D eigenvalue weighted by atomic mass is 32.1. The molecule has 1 aliphatic heterocycles. The van der Waals surface area contributed by atoms with E-state index >= 15 is 0 Å². The fourth-order valence-corrected chi connectivity index (χ4v) is 2.45. The van der Waals surface area contributed by atoms with Crippen molar-refractivity contribution in [2.24, 2.45) is 0 Å². The number of carbonyl (C=O) groups excluding carboxylic acids is 1.